The molecule has 0 radical (unpaired) electrons. The van der Waals surface area contributed by atoms with Crippen molar-refractivity contribution in [2.24, 2.45) is 4.99 Å². The number of ether oxygens (including phenoxy) is 1. The molecule has 1 saturated heterocycles. The zero-order valence-electron chi connectivity index (χ0n) is 17.0. The first-order valence-electron chi connectivity index (χ1n) is 9.58. The molecule has 1 aliphatic heterocycles. The van der Waals surface area contributed by atoms with Gasteiger partial charge >= 0.3 is 0 Å². The second-order valence-electron chi connectivity index (χ2n) is 6.83. The van der Waals surface area contributed by atoms with Gasteiger partial charge in [-0.15, -0.1) is 24.0 Å². The Morgan fingerprint density at radius 3 is 2.85 bits per heavy atom. The highest BCUT2D eigenvalue weighted by atomic mass is 127. The van der Waals surface area contributed by atoms with E-state index in [1.54, 1.807) is 13.2 Å². The van der Waals surface area contributed by atoms with Gasteiger partial charge in [0.05, 0.1) is 13.2 Å². The molecule has 0 bridgehead atoms. The summed E-state index contributed by atoms with van der Waals surface area (Å²) >= 11 is 0. The Hall–Kier alpha value is -0.930. The molecule has 1 aromatic carbocycles. The summed E-state index contributed by atoms with van der Waals surface area (Å²) in [6, 6.07) is 5.71. The molecule has 0 saturated carbocycles. The molecule has 0 spiro atoms. The van der Waals surface area contributed by atoms with Crippen LogP contribution in [0, 0.1) is 5.82 Å². The standard InChI is InChI=1S/C20H33FN4O.HI/c1-5-22-20(24(3)14-18-8-7-11-25(18)6-2)23-13-16-9-10-19(21)17(12-16)15-26-4;/h9-10,12,18H,5-8,11,13-15H2,1-4H3,(H,22,23);1H. The molecule has 1 aromatic rings. The van der Waals surface area contributed by atoms with Crippen molar-refractivity contribution in [2.75, 3.05) is 40.3 Å². The number of rotatable bonds is 8. The Bertz CT molecular complexity index is 599. The number of hydrogen-bond donors (Lipinski definition) is 1. The molecule has 1 atom stereocenters. The van der Waals surface area contributed by atoms with Gasteiger partial charge in [0.2, 0.25) is 0 Å². The van der Waals surface area contributed by atoms with E-state index in [1.165, 1.54) is 25.5 Å². The number of benzene rings is 1. The fourth-order valence-electron chi connectivity index (χ4n) is 3.55. The zero-order chi connectivity index (χ0) is 18.9. The van der Waals surface area contributed by atoms with Gasteiger partial charge in [-0.25, -0.2) is 9.38 Å². The molecule has 0 aromatic heterocycles. The van der Waals surface area contributed by atoms with Crippen LogP contribution in [0.25, 0.3) is 0 Å². The minimum atomic E-state index is -0.232. The number of halogens is 2. The van der Waals surface area contributed by atoms with Gasteiger partial charge in [0.25, 0.3) is 0 Å². The third-order valence-corrected chi connectivity index (χ3v) is 4.91. The zero-order valence-corrected chi connectivity index (χ0v) is 19.3. The second-order valence-corrected chi connectivity index (χ2v) is 6.83. The fourth-order valence-corrected chi connectivity index (χ4v) is 3.55. The van der Waals surface area contributed by atoms with Crippen molar-refractivity contribution in [2.45, 2.75) is 45.9 Å². The first kappa shape index (κ1) is 24.1. The molecule has 5 nitrogen and oxygen atoms in total. The topological polar surface area (TPSA) is 40.1 Å². The average molecular weight is 492 g/mol. The van der Waals surface area contributed by atoms with Crippen molar-refractivity contribution in [3.8, 4) is 0 Å². The molecule has 1 unspecified atom stereocenters. The first-order chi connectivity index (χ1) is 12.6. The predicted octanol–water partition coefficient (Wildman–Crippen LogP) is 3.47. The van der Waals surface area contributed by atoms with Crippen molar-refractivity contribution >= 4 is 29.9 Å². The van der Waals surface area contributed by atoms with Crippen LogP contribution in [0.2, 0.25) is 0 Å². The lowest BCUT2D eigenvalue weighted by Crippen LogP contribution is -2.45. The highest BCUT2D eigenvalue weighted by Gasteiger charge is 2.24. The highest BCUT2D eigenvalue weighted by Crippen LogP contribution is 2.17. The Kier molecular flexibility index (Phi) is 11.2. The Labute approximate surface area is 180 Å². The molecule has 27 heavy (non-hydrogen) atoms. The van der Waals surface area contributed by atoms with E-state index < -0.39 is 0 Å². The quantitative estimate of drug-likeness (QED) is 0.343. The number of hydrogen-bond acceptors (Lipinski definition) is 3. The van der Waals surface area contributed by atoms with Crippen LogP contribution in [0.1, 0.15) is 37.8 Å². The SMILES string of the molecule is CCNC(=NCc1ccc(F)c(COC)c1)N(C)CC1CCCN1CC.I. The summed E-state index contributed by atoms with van der Waals surface area (Å²) in [6.45, 7) is 9.19. The summed E-state index contributed by atoms with van der Waals surface area (Å²) < 4.78 is 18.8. The second kappa shape index (κ2) is 12.5. The summed E-state index contributed by atoms with van der Waals surface area (Å²) in [5.74, 6) is 0.664. The van der Waals surface area contributed by atoms with Crippen LogP contribution >= 0.6 is 24.0 Å². The molecule has 2 rings (SSSR count). The highest BCUT2D eigenvalue weighted by molar-refractivity contribution is 14.0. The van der Waals surface area contributed by atoms with Crippen LogP contribution < -0.4 is 5.32 Å². The van der Waals surface area contributed by atoms with Gasteiger partial charge in [0.1, 0.15) is 5.82 Å². The Morgan fingerprint density at radius 2 is 2.19 bits per heavy atom. The van der Waals surface area contributed by atoms with Gasteiger partial charge in [0.15, 0.2) is 5.96 Å². The lowest BCUT2D eigenvalue weighted by Gasteiger charge is -2.29. The molecular formula is C20H34FIN4O. The minimum Gasteiger partial charge on any atom is -0.380 e. The van der Waals surface area contributed by atoms with Crippen molar-refractivity contribution < 1.29 is 9.13 Å². The van der Waals surface area contributed by atoms with Crippen molar-refractivity contribution in [1.82, 2.24) is 15.1 Å². The lowest BCUT2D eigenvalue weighted by atomic mass is 10.1. The lowest BCUT2D eigenvalue weighted by molar-refractivity contribution is 0.181. The van der Waals surface area contributed by atoms with Crippen LogP contribution in [0.3, 0.4) is 0 Å². The fraction of sp³-hybridized carbons (Fsp3) is 0.650. The van der Waals surface area contributed by atoms with Crippen molar-refractivity contribution in [3.05, 3.63) is 35.1 Å². The van der Waals surface area contributed by atoms with Crippen LogP contribution in [-0.4, -0.2) is 62.1 Å². The maximum atomic E-state index is 13.8. The normalized spacial score (nSPS) is 17.7. The number of guanidine groups is 1. The molecule has 1 N–H and O–H groups in total. The average Bonchev–Trinajstić information content (AvgIpc) is 3.08. The van der Waals surface area contributed by atoms with Gasteiger partial charge in [0, 0.05) is 38.9 Å². The van der Waals surface area contributed by atoms with E-state index in [1.807, 2.05) is 6.07 Å². The largest absolute Gasteiger partial charge is 0.380 e. The molecule has 1 fully saturated rings. The maximum Gasteiger partial charge on any atom is 0.194 e. The van der Waals surface area contributed by atoms with Crippen LogP contribution in [0.4, 0.5) is 4.39 Å². The van der Waals surface area contributed by atoms with Gasteiger partial charge in [-0.2, -0.15) is 0 Å². The number of likely N-dealkylation sites (tertiary alicyclic amines) is 1. The summed E-state index contributed by atoms with van der Waals surface area (Å²) in [4.78, 5) is 9.51. The molecule has 0 amide bonds. The molecule has 1 heterocycles. The summed E-state index contributed by atoms with van der Waals surface area (Å²) in [7, 11) is 3.67. The van der Waals surface area contributed by atoms with E-state index in [0.717, 1.165) is 31.2 Å². The Balaban J connectivity index is 0.00000364. The number of methoxy groups -OCH3 is 1. The molecule has 1 aliphatic rings. The monoisotopic (exact) mass is 492 g/mol. The third-order valence-electron chi connectivity index (χ3n) is 4.91. The van der Waals surface area contributed by atoms with E-state index in [-0.39, 0.29) is 36.4 Å². The third kappa shape index (κ3) is 7.19. The van der Waals surface area contributed by atoms with E-state index in [2.05, 4.69) is 36.0 Å². The number of nitrogens with zero attached hydrogens (tertiary/aromatic N) is 3. The molecule has 0 aliphatic carbocycles. The van der Waals surface area contributed by atoms with Gasteiger partial charge in [-0.3, -0.25) is 4.90 Å². The van der Waals surface area contributed by atoms with Crippen LogP contribution in [0.5, 0.6) is 0 Å². The van der Waals surface area contributed by atoms with Gasteiger partial charge in [-0.05, 0) is 50.6 Å². The minimum absolute atomic E-state index is 0. The van der Waals surface area contributed by atoms with Gasteiger partial charge < -0.3 is 15.0 Å². The van der Waals surface area contributed by atoms with Crippen LogP contribution in [-0.2, 0) is 17.9 Å². The summed E-state index contributed by atoms with van der Waals surface area (Å²) in [5, 5.41) is 3.37. The number of nitrogens with one attached hydrogen (secondary N) is 1. The van der Waals surface area contributed by atoms with Crippen molar-refractivity contribution in [1.29, 1.82) is 0 Å². The molecule has 154 valence electrons. The van der Waals surface area contributed by atoms with E-state index in [4.69, 9.17) is 9.73 Å². The van der Waals surface area contributed by atoms with E-state index in [9.17, 15) is 4.39 Å². The summed E-state index contributed by atoms with van der Waals surface area (Å²) in [6.07, 6.45) is 2.52. The van der Waals surface area contributed by atoms with E-state index in [0.29, 0.717) is 18.2 Å². The first-order valence-corrected chi connectivity index (χ1v) is 9.58. The number of likely N-dealkylation sites (N-methyl/N-ethyl adjacent to an activating group) is 2. The van der Waals surface area contributed by atoms with Crippen molar-refractivity contribution in [3.63, 3.8) is 0 Å². The Morgan fingerprint density at radius 1 is 1.41 bits per heavy atom. The van der Waals surface area contributed by atoms with Crippen LogP contribution in [0.15, 0.2) is 23.2 Å². The van der Waals surface area contributed by atoms with E-state index >= 15 is 0 Å². The maximum absolute atomic E-state index is 13.8. The summed E-state index contributed by atoms with van der Waals surface area (Å²) in [5.41, 5.74) is 1.56. The predicted molar refractivity (Wildman–Crippen MR) is 120 cm³/mol. The smallest absolute Gasteiger partial charge is 0.194 e. The van der Waals surface area contributed by atoms with Gasteiger partial charge in [-0.1, -0.05) is 13.0 Å². The number of aliphatic imine (C=N–C) groups is 1. The molecular weight excluding hydrogens is 458 g/mol. The molecule has 7 heteroatoms.